The van der Waals surface area contributed by atoms with E-state index >= 15 is 0 Å². The highest BCUT2D eigenvalue weighted by molar-refractivity contribution is 5.97. The molecule has 0 spiro atoms. The van der Waals surface area contributed by atoms with E-state index in [1.165, 1.54) is 5.56 Å². The van der Waals surface area contributed by atoms with Gasteiger partial charge in [-0.15, -0.1) is 0 Å². The van der Waals surface area contributed by atoms with Crippen molar-refractivity contribution in [3.8, 4) is 5.75 Å². The third-order valence-corrected chi connectivity index (χ3v) is 6.06. The Kier molecular flexibility index (Phi) is 7.20. The lowest BCUT2D eigenvalue weighted by atomic mass is 9.75. The molecule has 0 aromatic heterocycles. The molecule has 2 aromatic rings. The molecular formula is C30H42O4. The van der Waals surface area contributed by atoms with E-state index in [-0.39, 0.29) is 16.4 Å². The van der Waals surface area contributed by atoms with Crippen molar-refractivity contribution in [1.82, 2.24) is 0 Å². The molecule has 0 heterocycles. The summed E-state index contributed by atoms with van der Waals surface area (Å²) in [5.41, 5.74) is 2.83. The number of benzene rings is 2. The maximum atomic E-state index is 13.4. The molecule has 34 heavy (non-hydrogen) atoms. The number of hydrogen-bond acceptors (Lipinski definition) is 3. The van der Waals surface area contributed by atoms with Gasteiger partial charge in [-0.25, -0.2) is 9.59 Å². The van der Waals surface area contributed by atoms with Crippen molar-refractivity contribution in [2.24, 2.45) is 0 Å². The van der Waals surface area contributed by atoms with E-state index in [1.807, 2.05) is 53.7 Å². The van der Waals surface area contributed by atoms with E-state index in [1.54, 1.807) is 12.1 Å². The molecule has 186 valence electrons. The molecule has 1 N–H and O–H groups in total. The molecule has 0 aliphatic heterocycles. The highest BCUT2D eigenvalue weighted by atomic mass is 16.5. The van der Waals surface area contributed by atoms with Crippen molar-refractivity contribution in [3.05, 3.63) is 63.7 Å². The third-order valence-electron chi connectivity index (χ3n) is 6.06. The highest BCUT2D eigenvalue weighted by Gasteiger charge is 2.32. The smallest absolute Gasteiger partial charge is 0.343 e. The predicted molar refractivity (Wildman–Crippen MR) is 140 cm³/mol. The van der Waals surface area contributed by atoms with Crippen molar-refractivity contribution >= 4 is 11.9 Å². The lowest BCUT2D eigenvalue weighted by Crippen LogP contribution is -2.26. The Morgan fingerprint density at radius 1 is 0.647 bits per heavy atom. The quantitative estimate of drug-likeness (QED) is 0.370. The maximum absolute atomic E-state index is 13.4. The van der Waals surface area contributed by atoms with Crippen molar-refractivity contribution in [3.63, 3.8) is 0 Å². The second-order valence-electron chi connectivity index (χ2n) is 13.4. The molecule has 4 heteroatoms. The minimum atomic E-state index is -0.984. The molecule has 0 aliphatic rings. The minimum absolute atomic E-state index is 0.0293. The first-order valence-corrected chi connectivity index (χ1v) is 11.9. The van der Waals surface area contributed by atoms with Gasteiger partial charge < -0.3 is 9.84 Å². The summed E-state index contributed by atoms with van der Waals surface area (Å²) in [6, 6.07) is 9.37. The number of carbonyl (C=O) groups excluding carboxylic acids is 1. The molecule has 0 atom stereocenters. The number of carboxylic acids is 1. The van der Waals surface area contributed by atoms with Crippen molar-refractivity contribution in [1.29, 1.82) is 0 Å². The van der Waals surface area contributed by atoms with Gasteiger partial charge in [-0.3, -0.25) is 0 Å². The van der Waals surface area contributed by atoms with E-state index in [4.69, 9.17) is 4.74 Å². The second kappa shape index (κ2) is 8.87. The fourth-order valence-corrected chi connectivity index (χ4v) is 4.00. The standard InChI is InChI=1S/C30H42O4/c1-27(2,3)19-13-14-23(20(17-19)28(4,5)6)34-26(33)18-15-21(29(7,8)9)24(25(31)32)22(16-18)30(10,11)12/h13-17H,1-12H3,(H,31,32). The van der Waals surface area contributed by atoms with E-state index in [9.17, 15) is 14.7 Å². The third kappa shape index (κ3) is 6.08. The summed E-state index contributed by atoms with van der Waals surface area (Å²) in [5.74, 6) is -0.938. The van der Waals surface area contributed by atoms with Crippen LogP contribution >= 0.6 is 0 Å². The van der Waals surface area contributed by atoms with Gasteiger partial charge >= 0.3 is 11.9 Å². The van der Waals surface area contributed by atoms with Crippen LogP contribution in [-0.2, 0) is 21.7 Å². The zero-order chi connectivity index (χ0) is 26.4. The van der Waals surface area contributed by atoms with Crippen LogP contribution < -0.4 is 4.74 Å². The average molecular weight is 467 g/mol. The van der Waals surface area contributed by atoms with Crippen LogP contribution in [0.25, 0.3) is 0 Å². The number of aromatic carboxylic acids is 1. The van der Waals surface area contributed by atoms with Crippen LogP contribution in [0.2, 0.25) is 0 Å². The van der Waals surface area contributed by atoms with Gasteiger partial charge in [0.1, 0.15) is 5.75 Å². The molecule has 0 unspecified atom stereocenters. The normalized spacial score (nSPS) is 13.1. The zero-order valence-electron chi connectivity index (χ0n) is 23.1. The zero-order valence-corrected chi connectivity index (χ0v) is 23.1. The summed E-state index contributed by atoms with van der Waals surface area (Å²) < 4.78 is 5.98. The minimum Gasteiger partial charge on any atom is -0.478 e. The number of rotatable bonds is 3. The molecule has 2 aromatic carbocycles. The SMILES string of the molecule is CC(C)(C)c1ccc(OC(=O)c2cc(C(C)(C)C)c(C(=O)O)c(C(C)(C)C)c2)c(C(C)(C)C)c1. The van der Waals surface area contributed by atoms with E-state index in [0.717, 1.165) is 5.56 Å². The Morgan fingerprint density at radius 3 is 1.44 bits per heavy atom. The number of hydrogen-bond donors (Lipinski definition) is 1. The fourth-order valence-electron chi connectivity index (χ4n) is 4.00. The van der Waals surface area contributed by atoms with Gasteiger partial charge in [-0.1, -0.05) is 95.2 Å². The number of carbonyl (C=O) groups is 2. The van der Waals surface area contributed by atoms with Gasteiger partial charge in [0.2, 0.25) is 0 Å². The Bertz CT molecular complexity index is 1060. The first kappa shape index (κ1) is 27.6. The van der Waals surface area contributed by atoms with E-state index in [2.05, 4.69) is 47.6 Å². The Morgan fingerprint density at radius 2 is 1.09 bits per heavy atom. The van der Waals surface area contributed by atoms with Crippen molar-refractivity contribution in [2.75, 3.05) is 0 Å². The molecule has 0 aliphatic carbocycles. The van der Waals surface area contributed by atoms with Crippen LogP contribution in [0.1, 0.15) is 126 Å². The molecule has 0 saturated heterocycles. The summed E-state index contributed by atoms with van der Waals surface area (Å²) in [4.78, 5) is 25.7. The van der Waals surface area contributed by atoms with Gasteiger partial charge in [0.15, 0.2) is 0 Å². The summed E-state index contributed by atoms with van der Waals surface area (Å²) in [5, 5.41) is 10.0. The fraction of sp³-hybridized carbons (Fsp3) is 0.533. The van der Waals surface area contributed by atoms with Gasteiger partial charge in [0.05, 0.1) is 11.1 Å². The molecule has 4 nitrogen and oxygen atoms in total. The van der Waals surface area contributed by atoms with Crippen molar-refractivity contribution < 1.29 is 19.4 Å². The predicted octanol–water partition coefficient (Wildman–Crippen LogP) is 7.79. The maximum Gasteiger partial charge on any atom is 0.343 e. The largest absolute Gasteiger partial charge is 0.478 e. The number of ether oxygens (including phenoxy) is 1. The van der Waals surface area contributed by atoms with Gasteiger partial charge in [0, 0.05) is 5.56 Å². The molecule has 0 saturated carbocycles. The Hall–Kier alpha value is -2.62. The molecular weight excluding hydrogens is 424 g/mol. The van der Waals surface area contributed by atoms with E-state index in [0.29, 0.717) is 22.4 Å². The number of carboxylic acid groups (broad SMARTS) is 1. The topological polar surface area (TPSA) is 63.6 Å². The first-order valence-electron chi connectivity index (χ1n) is 11.9. The molecule has 0 radical (unpaired) electrons. The first-order chi connectivity index (χ1) is 15.1. The molecule has 0 bridgehead atoms. The Balaban J connectivity index is 2.69. The highest BCUT2D eigenvalue weighted by Crippen LogP contribution is 2.38. The van der Waals surface area contributed by atoms with Crippen LogP contribution in [-0.4, -0.2) is 17.0 Å². The summed E-state index contributed by atoms with van der Waals surface area (Å²) in [6.45, 7) is 24.5. The van der Waals surface area contributed by atoms with Crippen molar-refractivity contribution in [2.45, 2.75) is 105 Å². The summed E-state index contributed by atoms with van der Waals surface area (Å²) in [7, 11) is 0. The van der Waals surface area contributed by atoms with Gasteiger partial charge in [0.25, 0.3) is 0 Å². The molecule has 2 rings (SSSR count). The summed E-state index contributed by atoms with van der Waals surface area (Å²) in [6.07, 6.45) is 0. The van der Waals surface area contributed by atoms with Crippen LogP contribution in [0.5, 0.6) is 5.75 Å². The van der Waals surface area contributed by atoms with Crippen LogP contribution in [0, 0.1) is 0 Å². The van der Waals surface area contributed by atoms with Crippen LogP contribution in [0.3, 0.4) is 0 Å². The lowest BCUT2D eigenvalue weighted by molar-refractivity contribution is 0.0685. The van der Waals surface area contributed by atoms with Gasteiger partial charge in [-0.05, 0) is 56.5 Å². The van der Waals surface area contributed by atoms with Gasteiger partial charge in [-0.2, -0.15) is 0 Å². The van der Waals surface area contributed by atoms with Crippen LogP contribution in [0.15, 0.2) is 30.3 Å². The molecule has 0 fully saturated rings. The molecule has 0 amide bonds. The monoisotopic (exact) mass is 466 g/mol. The number of esters is 1. The Labute approximate surface area is 205 Å². The lowest BCUT2D eigenvalue weighted by Gasteiger charge is -2.29. The second-order valence-corrected chi connectivity index (χ2v) is 13.4. The van der Waals surface area contributed by atoms with Crippen LogP contribution in [0.4, 0.5) is 0 Å². The van der Waals surface area contributed by atoms with E-state index < -0.39 is 22.8 Å². The average Bonchev–Trinajstić information content (AvgIpc) is 2.63. The summed E-state index contributed by atoms with van der Waals surface area (Å²) >= 11 is 0.